The van der Waals surface area contributed by atoms with Crippen molar-refractivity contribution in [3.63, 3.8) is 0 Å². The van der Waals surface area contributed by atoms with Gasteiger partial charge in [-0.3, -0.25) is 0 Å². The maximum atomic E-state index is 11.2. The molecular weight excluding hydrogens is 250 g/mol. The number of nitrogens with zero attached hydrogens (tertiary/aromatic N) is 1. The third-order valence-electron chi connectivity index (χ3n) is 3.42. The number of anilines is 2. The molecule has 0 saturated carbocycles. The first-order valence-electron chi connectivity index (χ1n) is 5.98. The first kappa shape index (κ1) is 13.2. The quantitative estimate of drug-likeness (QED) is 0.788. The van der Waals surface area contributed by atoms with E-state index in [2.05, 4.69) is 18.7 Å². The van der Waals surface area contributed by atoms with Gasteiger partial charge in [0.25, 0.3) is 0 Å². The van der Waals surface area contributed by atoms with Gasteiger partial charge in [0.2, 0.25) is 10.0 Å². The molecule has 0 spiro atoms. The van der Waals surface area contributed by atoms with Crippen molar-refractivity contribution >= 4 is 21.4 Å². The van der Waals surface area contributed by atoms with Gasteiger partial charge in [0.05, 0.1) is 16.3 Å². The second-order valence-electron chi connectivity index (χ2n) is 5.11. The second kappa shape index (κ2) is 4.44. The van der Waals surface area contributed by atoms with Crippen LogP contribution in [0.3, 0.4) is 0 Å². The van der Waals surface area contributed by atoms with E-state index in [1.807, 2.05) is 0 Å². The van der Waals surface area contributed by atoms with Gasteiger partial charge >= 0.3 is 0 Å². The van der Waals surface area contributed by atoms with E-state index >= 15 is 0 Å². The van der Waals surface area contributed by atoms with Crippen LogP contribution in [0.4, 0.5) is 11.4 Å². The number of nitrogens with two attached hydrogens (primary N) is 2. The molecule has 1 aromatic carbocycles. The monoisotopic (exact) mass is 269 g/mol. The predicted molar refractivity (Wildman–Crippen MR) is 72.8 cm³/mol. The van der Waals surface area contributed by atoms with Gasteiger partial charge in [0.15, 0.2) is 0 Å². The zero-order valence-corrected chi connectivity index (χ0v) is 11.4. The number of primary sulfonamides is 1. The smallest absolute Gasteiger partial charge is 0.238 e. The van der Waals surface area contributed by atoms with Crippen molar-refractivity contribution in [2.24, 2.45) is 11.1 Å². The summed E-state index contributed by atoms with van der Waals surface area (Å²) in [4.78, 5) is 2.27. The molecule has 18 heavy (non-hydrogen) atoms. The average Bonchev–Trinajstić information content (AvgIpc) is 2.56. The Balaban J connectivity index is 2.37. The molecule has 1 heterocycles. The van der Waals surface area contributed by atoms with E-state index < -0.39 is 10.0 Å². The Labute approximate surface area is 108 Å². The minimum absolute atomic E-state index is 0.0589. The van der Waals surface area contributed by atoms with Crippen LogP contribution in [0.5, 0.6) is 0 Å². The van der Waals surface area contributed by atoms with Crippen LogP contribution < -0.4 is 15.8 Å². The molecule has 0 aromatic heterocycles. The van der Waals surface area contributed by atoms with Crippen LogP contribution in [0.1, 0.15) is 20.3 Å². The van der Waals surface area contributed by atoms with Crippen molar-refractivity contribution in [3.05, 3.63) is 18.2 Å². The van der Waals surface area contributed by atoms with Crippen LogP contribution in [0.25, 0.3) is 0 Å². The average molecular weight is 269 g/mol. The highest BCUT2D eigenvalue weighted by Crippen LogP contribution is 2.33. The van der Waals surface area contributed by atoms with Crippen LogP contribution in [0.2, 0.25) is 0 Å². The second-order valence-corrected chi connectivity index (χ2v) is 6.67. The SMILES string of the molecule is CC1CC(C)N(c2ccc(S(N)(=O)=O)cc2N)C1. The van der Waals surface area contributed by atoms with Crippen LogP contribution in [-0.4, -0.2) is 21.0 Å². The number of rotatable bonds is 2. The first-order valence-corrected chi connectivity index (χ1v) is 7.52. The fourth-order valence-corrected chi connectivity index (χ4v) is 3.16. The van der Waals surface area contributed by atoms with Crippen molar-refractivity contribution in [2.75, 3.05) is 17.2 Å². The summed E-state index contributed by atoms with van der Waals surface area (Å²) in [6.45, 7) is 5.29. The number of hydrogen-bond donors (Lipinski definition) is 2. The minimum atomic E-state index is -3.69. The molecule has 0 radical (unpaired) electrons. The summed E-state index contributed by atoms with van der Waals surface area (Å²) >= 11 is 0. The maximum Gasteiger partial charge on any atom is 0.238 e. The highest BCUT2D eigenvalue weighted by Gasteiger charge is 2.27. The first-order chi connectivity index (χ1) is 8.29. The van der Waals surface area contributed by atoms with Crippen molar-refractivity contribution < 1.29 is 8.42 Å². The Morgan fingerprint density at radius 1 is 1.33 bits per heavy atom. The molecule has 0 amide bonds. The number of hydrogen-bond acceptors (Lipinski definition) is 4. The molecule has 1 fully saturated rings. The standard InChI is InChI=1S/C12H19N3O2S/c1-8-5-9(2)15(7-8)12-4-3-10(6-11(12)13)18(14,16)17/h3-4,6,8-9H,5,7,13H2,1-2H3,(H2,14,16,17). The third kappa shape index (κ3) is 2.44. The predicted octanol–water partition coefficient (Wildman–Crippen LogP) is 1.15. The number of benzene rings is 1. The summed E-state index contributed by atoms with van der Waals surface area (Å²) in [5.74, 6) is 0.623. The van der Waals surface area contributed by atoms with Crippen LogP contribution in [0, 0.1) is 5.92 Å². The highest BCUT2D eigenvalue weighted by atomic mass is 32.2. The molecule has 4 N–H and O–H groups in total. The molecule has 0 bridgehead atoms. The van der Waals surface area contributed by atoms with E-state index in [-0.39, 0.29) is 4.90 Å². The highest BCUT2D eigenvalue weighted by molar-refractivity contribution is 7.89. The molecule has 100 valence electrons. The molecule has 1 aromatic rings. The zero-order valence-electron chi connectivity index (χ0n) is 10.6. The van der Waals surface area contributed by atoms with Crippen molar-refractivity contribution in [2.45, 2.75) is 31.2 Å². The molecule has 2 unspecified atom stereocenters. The van der Waals surface area contributed by atoms with E-state index in [1.165, 1.54) is 12.1 Å². The Bertz CT molecular complexity index is 556. The molecule has 1 aliphatic heterocycles. The van der Waals surface area contributed by atoms with E-state index in [1.54, 1.807) is 6.07 Å². The third-order valence-corrected chi connectivity index (χ3v) is 4.33. The zero-order chi connectivity index (χ0) is 13.5. The Morgan fingerprint density at radius 2 is 2.00 bits per heavy atom. The molecular formula is C12H19N3O2S. The molecule has 1 saturated heterocycles. The molecule has 0 aliphatic carbocycles. The summed E-state index contributed by atoms with van der Waals surface area (Å²) in [7, 11) is -3.69. The Morgan fingerprint density at radius 3 is 2.44 bits per heavy atom. The van der Waals surface area contributed by atoms with Crippen LogP contribution >= 0.6 is 0 Å². The van der Waals surface area contributed by atoms with E-state index in [4.69, 9.17) is 10.9 Å². The summed E-state index contributed by atoms with van der Waals surface area (Å²) < 4.78 is 22.5. The summed E-state index contributed by atoms with van der Waals surface area (Å²) in [6.07, 6.45) is 1.12. The lowest BCUT2D eigenvalue weighted by molar-refractivity contribution is 0.598. The molecule has 2 atom stereocenters. The van der Waals surface area contributed by atoms with E-state index in [9.17, 15) is 8.42 Å². The van der Waals surface area contributed by atoms with Gasteiger partial charge < -0.3 is 10.6 Å². The fraction of sp³-hybridized carbons (Fsp3) is 0.500. The van der Waals surface area contributed by atoms with Gasteiger partial charge in [-0.15, -0.1) is 0 Å². The van der Waals surface area contributed by atoms with Gasteiger partial charge in [-0.2, -0.15) is 0 Å². The van der Waals surface area contributed by atoms with Gasteiger partial charge in [-0.25, -0.2) is 13.6 Å². The minimum Gasteiger partial charge on any atom is -0.397 e. The summed E-state index contributed by atoms with van der Waals surface area (Å²) in [5, 5.41) is 5.08. The molecule has 5 nitrogen and oxygen atoms in total. The normalized spacial score (nSPS) is 24.5. The maximum absolute atomic E-state index is 11.2. The molecule has 2 rings (SSSR count). The van der Waals surface area contributed by atoms with Crippen molar-refractivity contribution in [1.29, 1.82) is 0 Å². The van der Waals surface area contributed by atoms with E-state index in [0.29, 0.717) is 17.6 Å². The Hall–Kier alpha value is -1.27. The fourth-order valence-electron chi connectivity index (χ4n) is 2.61. The topological polar surface area (TPSA) is 89.4 Å². The van der Waals surface area contributed by atoms with Crippen molar-refractivity contribution in [3.8, 4) is 0 Å². The van der Waals surface area contributed by atoms with Crippen LogP contribution in [-0.2, 0) is 10.0 Å². The van der Waals surface area contributed by atoms with Crippen molar-refractivity contribution in [1.82, 2.24) is 0 Å². The molecule has 6 heteroatoms. The largest absolute Gasteiger partial charge is 0.397 e. The number of sulfonamides is 1. The van der Waals surface area contributed by atoms with Gasteiger partial charge in [0, 0.05) is 12.6 Å². The van der Waals surface area contributed by atoms with E-state index in [0.717, 1.165) is 18.7 Å². The lowest BCUT2D eigenvalue weighted by Gasteiger charge is -2.25. The summed E-state index contributed by atoms with van der Waals surface area (Å²) in [6, 6.07) is 5.10. The van der Waals surface area contributed by atoms with Crippen LogP contribution in [0.15, 0.2) is 23.1 Å². The molecule has 1 aliphatic rings. The van der Waals surface area contributed by atoms with Gasteiger partial charge in [-0.1, -0.05) is 6.92 Å². The number of nitrogen functional groups attached to an aromatic ring is 1. The van der Waals surface area contributed by atoms with Gasteiger partial charge in [-0.05, 0) is 37.5 Å². The van der Waals surface area contributed by atoms with Gasteiger partial charge in [0.1, 0.15) is 0 Å². The lowest BCUT2D eigenvalue weighted by Crippen LogP contribution is -2.27. The Kier molecular flexibility index (Phi) is 3.25. The summed E-state index contributed by atoms with van der Waals surface area (Å²) in [5.41, 5.74) is 7.29. The lowest BCUT2D eigenvalue weighted by atomic mass is 10.1.